The largest absolute Gasteiger partial charge is 0.272 e. The summed E-state index contributed by atoms with van der Waals surface area (Å²) in [5.41, 5.74) is 4.16. The first kappa shape index (κ1) is 21.6. The van der Waals surface area contributed by atoms with Crippen LogP contribution in [0.2, 0.25) is 0 Å². The van der Waals surface area contributed by atoms with Crippen molar-refractivity contribution in [2.75, 3.05) is 0 Å². The van der Waals surface area contributed by atoms with Crippen LogP contribution < -0.4 is 5.56 Å². The molecule has 0 atom stereocenters. The number of hydrogen-bond acceptors (Lipinski definition) is 6. The highest BCUT2D eigenvalue weighted by molar-refractivity contribution is 7.98. The predicted octanol–water partition coefficient (Wildman–Crippen LogP) is 5.77. The smallest absolute Gasteiger partial charge is 0.263 e. The van der Waals surface area contributed by atoms with E-state index in [2.05, 4.69) is 60.3 Å². The van der Waals surface area contributed by atoms with Gasteiger partial charge in [-0.2, -0.15) is 0 Å². The monoisotopic (exact) mass is 473 g/mol. The van der Waals surface area contributed by atoms with Gasteiger partial charge in [0.1, 0.15) is 5.01 Å². The van der Waals surface area contributed by atoms with Crippen molar-refractivity contribution in [2.45, 2.75) is 37.2 Å². The molecule has 166 valence electrons. The van der Waals surface area contributed by atoms with Gasteiger partial charge in [0.15, 0.2) is 5.16 Å². The molecule has 0 fully saturated rings. The molecule has 8 heteroatoms. The molecule has 0 spiro atoms. The quantitative estimate of drug-likeness (QED) is 0.222. The topological polar surface area (TPSA) is 65.1 Å². The molecule has 0 amide bonds. The Hall–Kier alpha value is -3.23. The van der Waals surface area contributed by atoms with Gasteiger partial charge >= 0.3 is 0 Å². The third-order valence-corrected chi connectivity index (χ3v) is 7.42. The number of rotatable bonds is 7. The Morgan fingerprint density at radius 1 is 1.12 bits per heavy atom. The van der Waals surface area contributed by atoms with Gasteiger partial charge in [-0.05, 0) is 23.6 Å². The minimum absolute atomic E-state index is 0.0884. The lowest BCUT2D eigenvalue weighted by molar-refractivity contribution is 0.783. The van der Waals surface area contributed by atoms with Crippen LogP contribution in [0, 0.1) is 0 Å². The molecule has 0 aliphatic rings. The summed E-state index contributed by atoms with van der Waals surface area (Å²) in [6.07, 6.45) is 1.70. The number of fused-ring (bicyclic) bond motifs is 3. The minimum atomic E-state index is -0.0884. The van der Waals surface area contributed by atoms with E-state index in [1.807, 2.05) is 28.7 Å². The van der Waals surface area contributed by atoms with Gasteiger partial charge in [-0.25, -0.2) is 4.98 Å². The van der Waals surface area contributed by atoms with E-state index in [4.69, 9.17) is 4.98 Å². The zero-order valence-electron chi connectivity index (χ0n) is 18.4. The maximum Gasteiger partial charge on any atom is 0.263 e. The maximum atomic E-state index is 12.9. The van der Waals surface area contributed by atoms with Crippen molar-refractivity contribution in [3.8, 4) is 10.6 Å². The number of aromatic nitrogens is 5. The predicted molar refractivity (Wildman–Crippen MR) is 136 cm³/mol. The van der Waals surface area contributed by atoms with Crippen LogP contribution in [0.1, 0.15) is 31.0 Å². The average molecular weight is 474 g/mol. The van der Waals surface area contributed by atoms with Gasteiger partial charge in [-0.3, -0.25) is 13.8 Å². The molecule has 5 aromatic rings. The van der Waals surface area contributed by atoms with Gasteiger partial charge in [0.2, 0.25) is 5.78 Å². The van der Waals surface area contributed by atoms with Crippen molar-refractivity contribution in [1.82, 2.24) is 24.1 Å². The fraction of sp³-hybridized carbons (Fsp3) is 0.200. The van der Waals surface area contributed by atoms with Crippen LogP contribution in [0.15, 0.2) is 76.5 Å². The Bertz CT molecular complexity index is 1510. The molecule has 0 bridgehead atoms. The van der Waals surface area contributed by atoms with Crippen LogP contribution in [0.25, 0.3) is 27.3 Å². The lowest BCUT2D eigenvalue weighted by atomic mass is 10.0. The first-order chi connectivity index (χ1) is 16.1. The van der Waals surface area contributed by atoms with Crippen LogP contribution in [-0.2, 0) is 12.3 Å². The normalized spacial score (nSPS) is 11.6. The Labute approximate surface area is 199 Å². The average Bonchev–Trinajstić information content (AvgIpc) is 3.48. The highest BCUT2D eigenvalue weighted by Gasteiger charge is 2.17. The van der Waals surface area contributed by atoms with Crippen molar-refractivity contribution in [3.05, 3.63) is 88.2 Å². The van der Waals surface area contributed by atoms with E-state index in [9.17, 15) is 4.79 Å². The molecule has 0 aliphatic carbocycles. The Morgan fingerprint density at radius 3 is 2.67 bits per heavy atom. The van der Waals surface area contributed by atoms with Crippen LogP contribution in [0.3, 0.4) is 0 Å². The van der Waals surface area contributed by atoms with E-state index in [1.54, 1.807) is 33.7 Å². The Morgan fingerprint density at radius 2 is 1.91 bits per heavy atom. The second-order valence-corrected chi connectivity index (χ2v) is 9.85. The van der Waals surface area contributed by atoms with Crippen LogP contribution in [0.4, 0.5) is 0 Å². The molecule has 5 rings (SSSR count). The van der Waals surface area contributed by atoms with E-state index in [1.165, 1.54) is 5.56 Å². The number of thiazole rings is 1. The van der Waals surface area contributed by atoms with Crippen molar-refractivity contribution < 1.29 is 0 Å². The number of allylic oxidation sites excluding steroid dienone is 1. The maximum absolute atomic E-state index is 12.9. The molecule has 3 heterocycles. The van der Waals surface area contributed by atoms with Gasteiger partial charge in [-0.15, -0.1) is 28.1 Å². The van der Waals surface area contributed by atoms with E-state index >= 15 is 0 Å². The van der Waals surface area contributed by atoms with Crippen molar-refractivity contribution in [1.29, 1.82) is 0 Å². The number of hydrogen-bond donors (Lipinski definition) is 0. The fourth-order valence-corrected chi connectivity index (χ4v) is 5.54. The summed E-state index contributed by atoms with van der Waals surface area (Å²) in [5.74, 6) is 1.69. The Balaban J connectivity index is 1.45. The third kappa shape index (κ3) is 4.00. The first-order valence-electron chi connectivity index (χ1n) is 10.7. The van der Waals surface area contributed by atoms with Gasteiger partial charge in [0, 0.05) is 23.2 Å². The van der Waals surface area contributed by atoms with Gasteiger partial charge in [-0.1, -0.05) is 68.1 Å². The molecule has 2 aromatic carbocycles. The summed E-state index contributed by atoms with van der Waals surface area (Å²) in [6.45, 7) is 8.55. The van der Waals surface area contributed by atoms with E-state index in [-0.39, 0.29) is 5.56 Å². The Kier molecular flexibility index (Phi) is 5.86. The first-order valence-corrected chi connectivity index (χ1v) is 12.6. The van der Waals surface area contributed by atoms with E-state index < -0.39 is 0 Å². The number of nitrogens with zero attached hydrogens (tertiary/aromatic N) is 5. The summed E-state index contributed by atoms with van der Waals surface area (Å²) in [4.78, 5) is 17.8. The summed E-state index contributed by atoms with van der Waals surface area (Å²) < 4.78 is 3.55. The molecule has 33 heavy (non-hydrogen) atoms. The number of thioether (sulfide) groups is 1. The number of benzene rings is 2. The summed E-state index contributed by atoms with van der Waals surface area (Å²) in [6, 6.07) is 16.2. The fourth-order valence-electron chi connectivity index (χ4n) is 3.78. The zero-order valence-corrected chi connectivity index (χ0v) is 20.1. The third-order valence-electron chi connectivity index (χ3n) is 5.52. The summed E-state index contributed by atoms with van der Waals surface area (Å²) in [5, 5.41) is 13.2. The minimum Gasteiger partial charge on any atom is -0.272 e. The molecule has 0 saturated heterocycles. The molecule has 0 radical (unpaired) electrons. The second kappa shape index (κ2) is 8.96. The standard InChI is InChI=1S/C25H23N5OS2/c1-4-13-29-23(31)20-7-5-6-8-21(20)30-24(29)27-28-25(30)33-15-19-14-32-22(26-19)18-11-9-17(10-12-18)16(2)3/h4-12,14,16H,1,13,15H2,2-3H3. The van der Waals surface area contributed by atoms with Crippen LogP contribution >= 0.6 is 23.1 Å². The van der Waals surface area contributed by atoms with Crippen LogP contribution in [0.5, 0.6) is 0 Å². The lowest BCUT2D eigenvalue weighted by Crippen LogP contribution is -2.22. The molecule has 6 nitrogen and oxygen atoms in total. The zero-order chi connectivity index (χ0) is 22.9. The molecule has 3 aromatic heterocycles. The summed E-state index contributed by atoms with van der Waals surface area (Å²) in [7, 11) is 0. The SMILES string of the molecule is C=CCn1c(=O)c2ccccc2n2c(SCc3csc(-c4ccc(C(C)C)cc4)n3)nnc12. The molecule has 0 saturated carbocycles. The second-order valence-electron chi connectivity index (χ2n) is 8.05. The molecular formula is C25H23N5OS2. The highest BCUT2D eigenvalue weighted by Crippen LogP contribution is 2.29. The van der Waals surface area contributed by atoms with Crippen molar-refractivity contribution >= 4 is 39.8 Å². The van der Waals surface area contributed by atoms with Crippen molar-refractivity contribution in [2.24, 2.45) is 0 Å². The van der Waals surface area contributed by atoms with Crippen molar-refractivity contribution in [3.63, 3.8) is 0 Å². The molecule has 0 N–H and O–H groups in total. The molecule has 0 unspecified atom stereocenters. The van der Waals surface area contributed by atoms with Gasteiger partial charge in [0.05, 0.1) is 16.6 Å². The highest BCUT2D eigenvalue weighted by atomic mass is 32.2. The molecule has 0 aliphatic heterocycles. The van der Waals surface area contributed by atoms with Gasteiger partial charge in [0.25, 0.3) is 5.56 Å². The van der Waals surface area contributed by atoms with Crippen LogP contribution in [-0.4, -0.2) is 24.1 Å². The van der Waals surface area contributed by atoms with Gasteiger partial charge < -0.3 is 0 Å². The lowest BCUT2D eigenvalue weighted by Gasteiger charge is -2.09. The molecular weight excluding hydrogens is 450 g/mol. The summed E-state index contributed by atoms with van der Waals surface area (Å²) >= 11 is 3.21. The van der Waals surface area contributed by atoms with E-state index in [0.717, 1.165) is 26.9 Å². The number of para-hydroxylation sites is 1. The van der Waals surface area contributed by atoms with E-state index in [0.29, 0.717) is 29.4 Å².